The number of fused-ring (bicyclic) bond motifs is 3. The van der Waals surface area contributed by atoms with Gasteiger partial charge in [0.25, 0.3) is 5.56 Å². The van der Waals surface area contributed by atoms with Crippen molar-refractivity contribution in [3.05, 3.63) is 123 Å². The van der Waals surface area contributed by atoms with Crippen LogP contribution < -0.4 is 26.0 Å². The van der Waals surface area contributed by atoms with Crippen molar-refractivity contribution in [3.8, 4) is 11.5 Å². The van der Waals surface area contributed by atoms with Crippen molar-refractivity contribution in [1.29, 1.82) is 0 Å². The lowest BCUT2D eigenvalue weighted by atomic mass is 9.76. The van der Waals surface area contributed by atoms with Crippen LogP contribution in [0.2, 0.25) is 0 Å². The van der Waals surface area contributed by atoms with Gasteiger partial charge in [0.1, 0.15) is 12.1 Å². The number of likely N-dealkylation sites (tertiary alicyclic amines) is 1. The van der Waals surface area contributed by atoms with Crippen molar-refractivity contribution in [2.24, 2.45) is 25.9 Å². The minimum absolute atomic E-state index is 0.0218. The van der Waals surface area contributed by atoms with E-state index in [1.807, 2.05) is 54.6 Å². The third-order valence-corrected chi connectivity index (χ3v) is 10.8. The number of imidazole rings is 1. The number of aryl methyl sites for hydroxylation is 1. The Hall–Kier alpha value is -6.48. The van der Waals surface area contributed by atoms with Crippen LogP contribution in [0.15, 0.2) is 94.9 Å². The van der Waals surface area contributed by atoms with Gasteiger partial charge in [0.15, 0.2) is 22.7 Å². The van der Waals surface area contributed by atoms with Gasteiger partial charge in [-0.25, -0.2) is 9.78 Å². The molecule has 2 saturated heterocycles. The highest BCUT2D eigenvalue weighted by molar-refractivity contribution is 6.09. The Kier molecular flexibility index (Phi) is 8.44. The summed E-state index contributed by atoms with van der Waals surface area (Å²) >= 11 is 0. The number of hydrogen-bond donors (Lipinski definition) is 3. The van der Waals surface area contributed by atoms with Crippen molar-refractivity contribution >= 4 is 39.9 Å². The zero-order valence-corrected chi connectivity index (χ0v) is 29.7. The van der Waals surface area contributed by atoms with Crippen LogP contribution in [0.5, 0.6) is 11.5 Å². The van der Waals surface area contributed by atoms with Gasteiger partial charge in [-0.05, 0) is 23.3 Å². The number of nitrogens with zero attached hydrogens (tertiary/aromatic N) is 5. The molecule has 2 aliphatic rings. The molecule has 2 fully saturated rings. The molecule has 3 aromatic carbocycles. The normalized spacial score (nSPS) is 20.9. The topological polar surface area (TPSA) is 183 Å². The van der Waals surface area contributed by atoms with Crippen molar-refractivity contribution in [3.63, 3.8) is 0 Å². The van der Waals surface area contributed by atoms with Gasteiger partial charge >= 0.3 is 11.7 Å². The summed E-state index contributed by atoms with van der Waals surface area (Å²) in [5, 5.41) is 15.3. The maximum Gasteiger partial charge on any atom is 0.332 e. The van der Waals surface area contributed by atoms with Crippen molar-refractivity contribution in [2.75, 3.05) is 13.7 Å². The number of carboxylic acids is 1. The molecule has 5 heterocycles. The number of imide groups is 1. The molecule has 54 heavy (non-hydrogen) atoms. The molecule has 276 valence electrons. The number of methoxy groups -OCH3 is 1. The van der Waals surface area contributed by atoms with E-state index in [-0.39, 0.29) is 37.3 Å². The number of aliphatic carboxylic acids is 1. The fourth-order valence-corrected chi connectivity index (χ4v) is 8.16. The lowest BCUT2D eigenvalue weighted by Crippen LogP contribution is -2.57. The molecule has 3 aromatic heterocycles. The Balaban J connectivity index is 1.22. The van der Waals surface area contributed by atoms with Gasteiger partial charge in [-0.15, -0.1) is 0 Å². The molecule has 4 atom stereocenters. The molecule has 3 N–H and O–H groups in total. The summed E-state index contributed by atoms with van der Waals surface area (Å²) < 4.78 is 15.8. The van der Waals surface area contributed by atoms with Gasteiger partial charge in [0, 0.05) is 62.3 Å². The molecule has 15 heteroatoms. The van der Waals surface area contributed by atoms with Gasteiger partial charge in [0.2, 0.25) is 11.8 Å². The van der Waals surface area contributed by atoms with Gasteiger partial charge in [-0.1, -0.05) is 60.7 Å². The van der Waals surface area contributed by atoms with E-state index in [2.05, 4.69) is 15.3 Å². The third kappa shape index (κ3) is 5.30. The summed E-state index contributed by atoms with van der Waals surface area (Å²) in [6.45, 7) is -0.0312. The summed E-state index contributed by atoms with van der Waals surface area (Å²) in [4.78, 5) is 77.2. The Morgan fingerprint density at radius 1 is 0.926 bits per heavy atom. The number of benzene rings is 3. The Morgan fingerprint density at radius 2 is 1.69 bits per heavy atom. The number of aromatic amines is 1. The minimum atomic E-state index is -1.92. The van der Waals surface area contributed by atoms with Crippen molar-refractivity contribution in [1.82, 2.24) is 33.9 Å². The first-order valence-electron chi connectivity index (χ1n) is 17.4. The van der Waals surface area contributed by atoms with Crippen LogP contribution in [-0.2, 0) is 48.1 Å². The largest absolute Gasteiger partial charge is 0.493 e. The van der Waals surface area contributed by atoms with Gasteiger partial charge in [-0.3, -0.25) is 38.5 Å². The smallest absolute Gasteiger partial charge is 0.332 e. The summed E-state index contributed by atoms with van der Waals surface area (Å²) in [6, 6.07) is 21.2. The second kappa shape index (κ2) is 13.2. The molecule has 0 radical (unpaired) electrons. The molecule has 6 aromatic rings. The number of amides is 2. The number of H-pyrrole nitrogens is 1. The SMILES string of the molecule is COc1cccc(C2NC(Cc3c[nH]c4ccccc34)(C(=O)O)C3C(=O)N(CCn4cnc5c4c(=O)n(C)c(=O)n5C)C(=O)C23)c1OCc1ccccc1. The second-order valence-corrected chi connectivity index (χ2v) is 13.7. The molecule has 0 saturated carbocycles. The zero-order valence-electron chi connectivity index (χ0n) is 29.7. The summed E-state index contributed by atoms with van der Waals surface area (Å²) in [5.74, 6) is -4.26. The van der Waals surface area contributed by atoms with E-state index in [9.17, 15) is 29.1 Å². The fraction of sp³-hybridized carbons (Fsp3) is 0.282. The molecule has 15 nitrogen and oxygen atoms in total. The molecular formula is C39H37N7O8. The molecular weight excluding hydrogens is 694 g/mol. The van der Waals surface area contributed by atoms with E-state index in [1.54, 1.807) is 24.4 Å². The van der Waals surface area contributed by atoms with E-state index in [0.717, 1.165) is 25.9 Å². The highest BCUT2D eigenvalue weighted by Gasteiger charge is 2.68. The zero-order chi connectivity index (χ0) is 37.9. The fourth-order valence-electron chi connectivity index (χ4n) is 8.16. The lowest BCUT2D eigenvalue weighted by molar-refractivity contribution is -0.151. The van der Waals surface area contributed by atoms with Crippen LogP contribution in [0.25, 0.3) is 22.1 Å². The lowest BCUT2D eigenvalue weighted by Gasteiger charge is -2.31. The molecule has 2 amide bonds. The number of carboxylic acid groups (broad SMARTS) is 1. The maximum absolute atomic E-state index is 14.7. The minimum Gasteiger partial charge on any atom is -0.493 e. The highest BCUT2D eigenvalue weighted by atomic mass is 16.5. The molecule has 4 unspecified atom stereocenters. The van der Waals surface area contributed by atoms with Gasteiger partial charge < -0.3 is 24.1 Å². The van der Waals surface area contributed by atoms with Crippen LogP contribution in [-0.4, -0.2) is 70.7 Å². The average Bonchev–Trinajstić information content (AvgIpc) is 3.94. The average molecular weight is 732 g/mol. The quantitative estimate of drug-likeness (QED) is 0.168. The van der Waals surface area contributed by atoms with E-state index >= 15 is 0 Å². The molecule has 8 rings (SSSR count). The van der Waals surface area contributed by atoms with Crippen LogP contribution >= 0.6 is 0 Å². The number of para-hydroxylation sites is 2. The first kappa shape index (κ1) is 34.6. The molecule has 2 aliphatic heterocycles. The number of hydrogen-bond acceptors (Lipinski definition) is 9. The Labute approximate surface area is 307 Å². The van der Waals surface area contributed by atoms with Crippen molar-refractivity contribution in [2.45, 2.75) is 31.2 Å². The maximum atomic E-state index is 14.7. The first-order chi connectivity index (χ1) is 26.1. The van der Waals surface area contributed by atoms with Crippen LogP contribution in [0, 0.1) is 11.8 Å². The summed E-state index contributed by atoms with van der Waals surface area (Å²) in [6.07, 6.45) is 3.00. The van der Waals surface area contributed by atoms with E-state index < -0.39 is 52.4 Å². The van der Waals surface area contributed by atoms with E-state index in [1.165, 1.54) is 36.7 Å². The summed E-state index contributed by atoms with van der Waals surface area (Å²) in [5.41, 5.74) is 0.0710. The molecule has 0 bridgehead atoms. The van der Waals surface area contributed by atoms with Crippen LogP contribution in [0.4, 0.5) is 0 Å². The number of carbonyl (C=O) groups is 3. The highest BCUT2D eigenvalue weighted by Crippen LogP contribution is 2.53. The number of nitrogens with one attached hydrogen (secondary N) is 2. The van der Waals surface area contributed by atoms with E-state index in [0.29, 0.717) is 22.6 Å². The Bertz CT molecular complexity index is 2590. The predicted octanol–water partition coefficient (Wildman–Crippen LogP) is 2.51. The second-order valence-electron chi connectivity index (χ2n) is 13.7. The van der Waals surface area contributed by atoms with Gasteiger partial charge in [0.05, 0.1) is 25.3 Å². The van der Waals surface area contributed by atoms with Gasteiger partial charge in [-0.2, -0.15) is 0 Å². The molecule has 0 spiro atoms. The number of aromatic nitrogens is 5. The first-order valence-corrected chi connectivity index (χ1v) is 17.4. The standard InChI is InChI=1S/C39H37N7O8/c1-43-33-31(36(49)44(2)38(43)52)45(21-41-33)16-17-46-34(47)28-29(35(46)48)39(37(50)51,18-23-19-40-26-14-8-7-12-24(23)26)42-30(28)25-13-9-15-27(53-3)32(25)54-20-22-10-5-4-6-11-22/h4-15,19,21,28-30,40,42H,16-18,20H2,1-3H3,(H,50,51). The molecule has 0 aliphatic carbocycles. The number of ether oxygens (including phenoxy) is 2. The van der Waals surface area contributed by atoms with Crippen molar-refractivity contribution < 1.29 is 29.0 Å². The number of rotatable bonds is 11. The van der Waals surface area contributed by atoms with Crippen LogP contribution in [0.1, 0.15) is 22.7 Å². The van der Waals surface area contributed by atoms with Crippen LogP contribution in [0.3, 0.4) is 0 Å². The van der Waals surface area contributed by atoms with E-state index in [4.69, 9.17) is 9.47 Å². The summed E-state index contributed by atoms with van der Waals surface area (Å²) in [7, 11) is 4.35. The number of carbonyl (C=O) groups excluding carboxylic acids is 2. The third-order valence-electron chi connectivity index (χ3n) is 10.8. The monoisotopic (exact) mass is 731 g/mol. The predicted molar refractivity (Wildman–Crippen MR) is 196 cm³/mol. The Morgan fingerprint density at radius 3 is 2.44 bits per heavy atom.